The largest absolute Gasteiger partial charge is 0.363 e. The van der Waals surface area contributed by atoms with E-state index in [0.717, 1.165) is 25.2 Å². The van der Waals surface area contributed by atoms with Gasteiger partial charge in [-0.25, -0.2) is 4.98 Å². The highest BCUT2D eigenvalue weighted by atomic mass is 35.5. The van der Waals surface area contributed by atoms with Crippen LogP contribution in [0.5, 0.6) is 0 Å². The maximum absolute atomic E-state index is 12.1. The van der Waals surface area contributed by atoms with E-state index in [1.54, 1.807) is 6.20 Å². The number of hydrogen-bond donors (Lipinski definition) is 2. The summed E-state index contributed by atoms with van der Waals surface area (Å²) >= 11 is 0. The van der Waals surface area contributed by atoms with E-state index in [1.165, 1.54) is 0 Å². The zero-order valence-corrected chi connectivity index (χ0v) is 14.3. The Kier molecular flexibility index (Phi) is 8.63. The van der Waals surface area contributed by atoms with Crippen LogP contribution in [0.25, 0.3) is 0 Å². The average Bonchev–Trinajstić information content (AvgIpc) is 2.39. The van der Waals surface area contributed by atoms with E-state index in [9.17, 15) is 4.79 Å². The lowest BCUT2D eigenvalue weighted by Crippen LogP contribution is -2.46. The summed E-state index contributed by atoms with van der Waals surface area (Å²) in [6, 6.07) is 4.41. The van der Waals surface area contributed by atoms with Crippen molar-refractivity contribution in [3.8, 4) is 0 Å². The molecule has 1 aromatic heterocycles. The molecule has 1 fully saturated rings. The van der Waals surface area contributed by atoms with Gasteiger partial charge in [0.1, 0.15) is 5.82 Å². The third-order valence-electron chi connectivity index (χ3n) is 3.43. The van der Waals surface area contributed by atoms with Crippen LogP contribution in [-0.2, 0) is 0 Å². The molecule has 2 heterocycles. The normalized spacial score (nSPS) is 20.7. The number of piperidine rings is 1. The van der Waals surface area contributed by atoms with Crippen LogP contribution >= 0.6 is 24.8 Å². The molecule has 2 N–H and O–H groups in total. The Labute approximate surface area is 138 Å². The van der Waals surface area contributed by atoms with E-state index < -0.39 is 0 Å². The highest BCUT2D eigenvalue weighted by Gasteiger charge is 2.20. The van der Waals surface area contributed by atoms with E-state index in [1.807, 2.05) is 31.1 Å². The Hall–Kier alpha value is -1.04. The highest BCUT2D eigenvalue weighted by molar-refractivity contribution is 5.94. The molecule has 0 spiro atoms. The first-order chi connectivity index (χ1) is 9.06. The van der Waals surface area contributed by atoms with E-state index in [2.05, 4.69) is 22.5 Å². The molecule has 0 radical (unpaired) electrons. The van der Waals surface area contributed by atoms with Gasteiger partial charge in [0.15, 0.2) is 0 Å². The number of anilines is 1. The van der Waals surface area contributed by atoms with Crippen LogP contribution < -0.4 is 15.5 Å². The van der Waals surface area contributed by atoms with E-state index in [-0.39, 0.29) is 36.8 Å². The molecule has 0 saturated carbocycles. The molecule has 0 bridgehead atoms. The number of amides is 1. The van der Waals surface area contributed by atoms with Crippen LogP contribution in [0.2, 0.25) is 0 Å². The van der Waals surface area contributed by atoms with Crippen molar-refractivity contribution >= 4 is 36.5 Å². The van der Waals surface area contributed by atoms with Gasteiger partial charge in [-0.2, -0.15) is 0 Å². The fourth-order valence-corrected chi connectivity index (χ4v) is 2.32. The summed E-state index contributed by atoms with van der Waals surface area (Å²) < 4.78 is 0. The molecule has 0 aromatic carbocycles. The minimum atomic E-state index is -0.0306. The van der Waals surface area contributed by atoms with Gasteiger partial charge >= 0.3 is 0 Å². The van der Waals surface area contributed by atoms with Gasteiger partial charge in [-0.05, 0) is 38.4 Å². The minimum absolute atomic E-state index is 0. The first-order valence-electron chi connectivity index (χ1n) is 6.74. The zero-order valence-electron chi connectivity index (χ0n) is 12.6. The minimum Gasteiger partial charge on any atom is -0.363 e. The molecule has 7 heteroatoms. The van der Waals surface area contributed by atoms with Crippen LogP contribution in [0.4, 0.5) is 5.82 Å². The standard InChI is InChI=1S/C14H22N4O.2ClH/c1-10-8-12(6-7-15-10)17-14(19)11-4-5-13(16-9-11)18(2)3;;/h4-5,9-10,12,15H,6-8H2,1-3H3,(H,17,19);2*1H. The Morgan fingerprint density at radius 1 is 1.38 bits per heavy atom. The van der Waals surface area contributed by atoms with Crippen molar-refractivity contribution in [1.82, 2.24) is 15.6 Å². The third kappa shape index (κ3) is 5.69. The molecule has 2 atom stereocenters. The summed E-state index contributed by atoms with van der Waals surface area (Å²) in [5.41, 5.74) is 0.622. The lowest BCUT2D eigenvalue weighted by molar-refractivity contribution is 0.0925. The van der Waals surface area contributed by atoms with Gasteiger partial charge in [0.2, 0.25) is 0 Å². The van der Waals surface area contributed by atoms with E-state index in [4.69, 9.17) is 0 Å². The van der Waals surface area contributed by atoms with Crippen molar-refractivity contribution in [2.75, 3.05) is 25.5 Å². The molecule has 1 aliphatic rings. The number of nitrogens with one attached hydrogen (secondary N) is 2. The molecular formula is C14H24Cl2N4O. The Bertz CT molecular complexity index is 439. The summed E-state index contributed by atoms with van der Waals surface area (Å²) in [7, 11) is 3.86. The molecular weight excluding hydrogens is 311 g/mol. The molecule has 21 heavy (non-hydrogen) atoms. The maximum atomic E-state index is 12.1. The predicted molar refractivity (Wildman–Crippen MR) is 91.0 cm³/mol. The van der Waals surface area contributed by atoms with Gasteiger partial charge < -0.3 is 15.5 Å². The van der Waals surface area contributed by atoms with Crippen molar-refractivity contribution in [2.45, 2.75) is 31.8 Å². The van der Waals surface area contributed by atoms with Gasteiger partial charge in [-0.15, -0.1) is 24.8 Å². The second-order valence-electron chi connectivity index (χ2n) is 5.35. The summed E-state index contributed by atoms with van der Waals surface area (Å²) in [5, 5.41) is 6.46. The first kappa shape index (κ1) is 20.0. The van der Waals surface area contributed by atoms with Crippen LogP contribution in [0, 0.1) is 0 Å². The molecule has 5 nitrogen and oxygen atoms in total. The predicted octanol–water partition coefficient (Wildman–Crippen LogP) is 1.86. The van der Waals surface area contributed by atoms with Crippen LogP contribution in [0.3, 0.4) is 0 Å². The topological polar surface area (TPSA) is 57.3 Å². The number of nitrogens with zero attached hydrogens (tertiary/aromatic N) is 2. The quantitative estimate of drug-likeness (QED) is 0.885. The van der Waals surface area contributed by atoms with Crippen molar-refractivity contribution in [1.29, 1.82) is 0 Å². The number of rotatable bonds is 3. The van der Waals surface area contributed by atoms with Gasteiger partial charge in [-0.1, -0.05) is 0 Å². The van der Waals surface area contributed by atoms with Gasteiger partial charge in [0.05, 0.1) is 5.56 Å². The molecule has 2 unspecified atom stereocenters. The first-order valence-corrected chi connectivity index (χ1v) is 6.74. The zero-order chi connectivity index (χ0) is 13.8. The summed E-state index contributed by atoms with van der Waals surface area (Å²) in [6.07, 6.45) is 3.60. The van der Waals surface area contributed by atoms with E-state index in [0.29, 0.717) is 11.6 Å². The van der Waals surface area contributed by atoms with Gasteiger partial charge in [-0.3, -0.25) is 4.79 Å². The van der Waals surface area contributed by atoms with E-state index >= 15 is 0 Å². The molecule has 0 aliphatic carbocycles. The molecule has 1 aromatic rings. The Balaban J connectivity index is 0.00000200. The molecule has 120 valence electrons. The smallest absolute Gasteiger partial charge is 0.253 e. The second-order valence-corrected chi connectivity index (χ2v) is 5.35. The lowest BCUT2D eigenvalue weighted by Gasteiger charge is -2.28. The highest BCUT2D eigenvalue weighted by Crippen LogP contribution is 2.11. The average molecular weight is 335 g/mol. The number of carbonyl (C=O) groups excluding carboxylic acids is 1. The number of carbonyl (C=O) groups is 1. The van der Waals surface area contributed by atoms with Crippen molar-refractivity contribution in [3.63, 3.8) is 0 Å². The van der Waals surface area contributed by atoms with Crippen molar-refractivity contribution in [3.05, 3.63) is 23.9 Å². The number of aromatic nitrogens is 1. The maximum Gasteiger partial charge on any atom is 0.253 e. The monoisotopic (exact) mass is 334 g/mol. The second kappa shape index (κ2) is 9.07. The molecule has 2 rings (SSSR count). The molecule has 1 aliphatic heterocycles. The van der Waals surface area contributed by atoms with Crippen LogP contribution in [0.15, 0.2) is 18.3 Å². The van der Waals surface area contributed by atoms with Crippen LogP contribution in [0.1, 0.15) is 30.1 Å². The number of halogens is 2. The SMILES string of the molecule is CC1CC(NC(=O)c2ccc(N(C)C)nc2)CCN1.Cl.Cl. The van der Waals surface area contributed by atoms with Crippen molar-refractivity contribution < 1.29 is 4.79 Å². The van der Waals surface area contributed by atoms with Gasteiger partial charge in [0.25, 0.3) is 5.91 Å². The van der Waals surface area contributed by atoms with Gasteiger partial charge in [0, 0.05) is 32.4 Å². The fourth-order valence-electron chi connectivity index (χ4n) is 2.32. The van der Waals surface area contributed by atoms with Crippen molar-refractivity contribution in [2.24, 2.45) is 0 Å². The Morgan fingerprint density at radius 3 is 2.62 bits per heavy atom. The summed E-state index contributed by atoms with van der Waals surface area (Å²) in [5.74, 6) is 0.823. The number of hydrogen-bond acceptors (Lipinski definition) is 4. The molecule has 1 amide bonds. The molecule has 1 saturated heterocycles. The Morgan fingerprint density at radius 2 is 2.10 bits per heavy atom. The van der Waals surface area contributed by atoms with Crippen LogP contribution in [-0.4, -0.2) is 43.6 Å². The third-order valence-corrected chi connectivity index (χ3v) is 3.43. The lowest BCUT2D eigenvalue weighted by atomic mass is 10.0. The number of pyridine rings is 1. The summed E-state index contributed by atoms with van der Waals surface area (Å²) in [6.45, 7) is 3.11. The summed E-state index contributed by atoms with van der Waals surface area (Å²) in [4.78, 5) is 18.3. The fraction of sp³-hybridized carbons (Fsp3) is 0.571.